The summed E-state index contributed by atoms with van der Waals surface area (Å²) in [4.78, 5) is 13.4. The number of rotatable bonds is 5. The van der Waals surface area contributed by atoms with Crippen molar-refractivity contribution >= 4 is 5.82 Å². The molecule has 0 atom stereocenters. The molecule has 0 unspecified atom stereocenters. The van der Waals surface area contributed by atoms with Gasteiger partial charge in [0.15, 0.2) is 0 Å². The lowest BCUT2D eigenvalue weighted by Crippen LogP contribution is -2.47. The Bertz CT molecular complexity index is 625. The van der Waals surface area contributed by atoms with E-state index >= 15 is 0 Å². The van der Waals surface area contributed by atoms with Crippen LogP contribution in [0, 0.1) is 13.8 Å². The maximum Gasteiger partial charge on any atom is 0.233 e. The quantitative estimate of drug-likeness (QED) is 0.818. The molecule has 0 aliphatic carbocycles. The van der Waals surface area contributed by atoms with Gasteiger partial charge in [-0.15, -0.1) is 5.10 Å². The number of aromatic nitrogens is 4. The highest BCUT2D eigenvalue weighted by Gasteiger charge is 2.18. The third-order valence-electron chi connectivity index (χ3n) is 3.87. The number of ether oxygens (including phenoxy) is 1. The highest BCUT2D eigenvalue weighted by atomic mass is 16.5. The predicted molar refractivity (Wildman–Crippen MR) is 87.7 cm³/mol. The Morgan fingerprint density at radius 2 is 1.83 bits per heavy atom. The van der Waals surface area contributed by atoms with Crippen LogP contribution in [0.3, 0.4) is 0 Å². The zero-order valence-electron chi connectivity index (χ0n) is 13.6. The second kappa shape index (κ2) is 7.32. The van der Waals surface area contributed by atoms with Crippen LogP contribution in [-0.2, 0) is 0 Å². The van der Waals surface area contributed by atoms with Crippen molar-refractivity contribution < 1.29 is 4.74 Å². The molecule has 1 fully saturated rings. The number of hydrogen-bond acceptors (Lipinski definition) is 7. The van der Waals surface area contributed by atoms with Gasteiger partial charge in [0, 0.05) is 45.0 Å². The van der Waals surface area contributed by atoms with Gasteiger partial charge in [0.05, 0.1) is 17.6 Å². The first-order chi connectivity index (χ1) is 11.2. The van der Waals surface area contributed by atoms with E-state index in [1.807, 2.05) is 32.2 Å². The van der Waals surface area contributed by atoms with E-state index in [-0.39, 0.29) is 0 Å². The van der Waals surface area contributed by atoms with Gasteiger partial charge >= 0.3 is 0 Å². The highest BCUT2D eigenvalue weighted by Crippen LogP contribution is 2.12. The van der Waals surface area contributed by atoms with Gasteiger partial charge in [-0.2, -0.15) is 5.10 Å². The minimum atomic E-state index is 0.587. The fourth-order valence-electron chi connectivity index (χ4n) is 2.55. The zero-order valence-corrected chi connectivity index (χ0v) is 13.6. The summed E-state index contributed by atoms with van der Waals surface area (Å²) in [6.07, 6.45) is 3.62. The molecule has 0 amide bonds. The number of hydrogen-bond donors (Lipinski definition) is 0. The Balaban J connectivity index is 1.41. The van der Waals surface area contributed by atoms with E-state index in [0.717, 1.165) is 49.9 Å². The molecule has 1 saturated heterocycles. The number of anilines is 1. The summed E-state index contributed by atoms with van der Waals surface area (Å²) in [7, 11) is 0. The van der Waals surface area contributed by atoms with Gasteiger partial charge in [0.25, 0.3) is 0 Å². The molecule has 0 radical (unpaired) electrons. The monoisotopic (exact) mass is 314 g/mol. The molecule has 0 bridgehead atoms. The summed E-state index contributed by atoms with van der Waals surface area (Å²) in [6, 6.07) is 3.76. The molecule has 2 aromatic heterocycles. The van der Waals surface area contributed by atoms with Crippen molar-refractivity contribution in [3.8, 4) is 5.88 Å². The Hall–Kier alpha value is -2.28. The molecule has 7 nitrogen and oxygen atoms in total. The van der Waals surface area contributed by atoms with E-state index in [9.17, 15) is 0 Å². The van der Waals surface area contributed by atoms with Crippen molar-refractivity contribution in [1.29, 1.82) is 0 Å². The topological polar surface area (TPSA) is 67.3 Å². The Labute approximate surface area is 136 Å². The number of piperazine rings is 1. The van der Waals surface area contributed by atoms with Gasteiger partial charge in [-0.05, 0) is 19.9 Å². The summed E-state index contributed by atoms with van der Waals surface area (Å²) in [5.41, 5.74) is 1.85. The van der Waals surface area contributed by atoms with Crippen molar-refractivity contribution in [2.75, 3.05) is 44.2 Å². The molecule has 1 aliphatic heterocycles. The van der Waals surface area contributed by atoms with E-state index in [1.54, 1.807) is 6.20 Å². The first-order valence-electron chi connectivity index (χ1n) is 7.90. The summed E-state index contributed by atoms with van der Waals surface area (Å²) in [5, 5.41) is 7.99. The van der Waals surface area contributed by atoms with Gasteiger partial charge in [-0.1, -0.05) is 0 Å². The molecule has 3 heterocycles. The van der Waals surface area contributed by atoms with Gasteiger partial charge in [0.1, 0.15) is 12.4 Å². The van der Waals surface area contributed by atoms with Crippen molar-refractivity contribution in [1.82, 2.24) is 25.1 Å². The third kappa shape index (κ3) is 4.35. The van der Waals surface area contributed by atoms with Crippen LogP contribution in [0.4, 0.5) is 5.82 Å². The zero-order chi connectivity index (χ0) is 16.1. The number of aryl methyl sites for hydroxylation is 2. The van der Waals surface area contributed by atoms with Crippen molar-refractivity contribution in [3.63, 3.8) is 0 Å². The normalized spacial score (nSPS) is 15.7. The lowest BCUT2D eigenvalue weighted by Gasteiger charge is -2.35. The van der Waals surface area contributed by atoms with Crippen LogP contribution in [0.2, 0.25) is 0 Å². The first-order valence-corrected chi connectivity index (χ1v) is 7.90. The molecule has 0 aromatic carbocycles. The van der Waals surface area contributed by atoms with Crippen molar-refractivity contribution in [2.24, 2.45) is 0 Å². The average molecular weight is 314 g/mol. The molecule has 0 spiro atoms. The van der Waals surface area contributed by atoms with Gasteiger partial charge in [-0.25, -0.2) is 4.98 Å². The van der Waals surface area contributed by atoms with Gasteiger partial charge in [-0.3, -0.25) is 9.88 Å². The van der Waals surface area contributed by atoms with Crippen LogP contribution in [0.5, 0.6) is 5.88 Å². The van der Waals surface area contributed by atoms with E-state index in [1.165, 1.54) is 0 Å². The fraction of sp³-hybridized carbons (Fsp3) is 0.500. The standard InChI is InChI=1S/C16H22N6O/c1-13-3-4-16(20-19-13)23-10-9-21-5-7-22(8-6-21)15-12-17-11-14(2)18-15/h3-4,11-12H,5-10H2,1-2H3. The van der Waals surface area contributed by atoms with E-state index in [2.05, 4.69) is 30.0 Å². The van der Waals surface area contributed by atoms with E-state index < -0.39 is 0 Å². The number of nitrogens with zero attached hydrogens (tertiary/aromatic N) is 6. The molecule has 7 heteroatoms. The molecule has 3 rings (SSSR count). The van der Waals surface area contributed by atoms with Gasteiger partial charge in [0.2, 0.25) is 5.88 Å². The molecule has 23 heavy (non-hydrogen) atoms. The minimum absolute atomic E-state index is 0.587. The van der Waals surface area contributed by atoms with Crippen molar-refractivity contribution in [2.45, 2.75) is 13.8 Å². The van der Waals surface area contributed by atoms with E-state index in [0.29, 0.717) is 12.5 Å². The molecular weight excluding hydrogens is 292 g/mol. The maximum absolute atomic E-state index is 5.64. The van der Waals surface area contributed by atoms with Crippen molar-refractivity contribution in [3.05, 3.63) is 35.9 Å². The average Bonchev–Trinajstić information content (AvgIpc) is 2.57. The largest absolute Gasteiger partial charge is 0.475 e. The molecule has 1 aliphatic rings. The smallest absolute Gasteiger partial charge is 0.233 e. The lowest BCUT2D eigenvalue weighted by atomic mass is 10.3. The second-order valence-corrected chi connectivity index (χ2v) is 5.71. The molecule has 0 N–H and O–H groups in total. The maximum atomic E-state index is 5.64. The Morgan fingerprint density at radius 1 is 1.00 bits per heavy atom. The van der Waals surface area contributed by atoms with Crippen LogP contribution < -0.4 is 9.64 Å². The Morgan fingerprint density at radius 3 is 2.52 bits per heavy atom. The summed E-state index contributed by atoms with van der Waals surface area (Å²) < 4.78 is 5.64. The van der Waals surface area contributed by atoms with Crippen LogP contribution in [0.15, 0.2) is 24.5 Å². The molecular formula is C16H22N6O. The molecule has 122 valence electrons. The lowest BCUT2D eigenvalue weighted by molar-refractivity contribution is 0.195. The van der Waals surface area contributed by atoms with E-state index in [4.69, 9.17) is 4.74 Å². The predicted octanol–water partition coefficient (Wildman–Crippen LogP) is 1.08. The second-order valence-electron chi connectivity index (χ2n) is 5.71. The summed E-state index contributed by atoms with van der Waals surface area (Å²) in [6.45, 7) is 9.32. The van der Waals surface area contributed by atoms with Crippen LogP contribution in [0.1, 0.15) is 11.4 Å². The van der Waals surface area contributed by atoms with Crippen LogP contribution in [-0.4, -0.2) is 64.4 Å². The fourth-order valence-corrected chi connectivity index (χ4v) is 2.55. The SMILES string of the molecule is Cc1ccc(OCCN2CCN(c3cncc(C)n3)CC2)nn1. The molecule has 2 aromatic rings. The Kier molecular flexibility index (Phi) is 4.97. The van der Waals surface area contributed by atoms with Crippen LogP contribution >= 0.6 is 0 Å². The highest BCUT2D eigenvalue weighted by molar-refractivity contribution is 5.36. The third-order valence-corrected chi connectivity index (χ3v) is 3.87. The summed E-state index contributed by atoms with van der Waals surface area (Å²) in [5.74, 6) is 1.56. The minimum Gasteiger partial charge on any atom is -0.475 e. The summed E-state index contributed by atoms with van der Waals surface area (Å²) >= 11 is 0. The van der Waals surface area contributed by atoms with Gasteiger partial charge < -0.3 is 9.64 Å². The first kappa shape index (κ1) is 15.6. The molecule has 0 saturated carbocycles. The van der Waals surface area contributed by atoms with Crippen LogP contribution in [0.25, 0.3) is 0 Å².